The van der Waals surface area contributed by atoms with Gasteiger partial charge in [0.2, 0.25) is 0 Å². The molecule has 0 spiro atoms. The Morgan fingerprint density at radius 1 is 0.270 bits per heavy atom. The summed E-state index contributed by atoms with van der Waals surface area (Å²) in [5.41, 5.74) is 0. The van der Waals surface area contributed by atoms with Gasteiger partial charge in [-0.2, -0.15) is 0 Å². The van der Waals surface area contributed by atoms with Crippen LogP contribution in [0.25, 0.3) is 0 Å². The molecule has 428 valence electrons. The molecule has 1 atom stereocenters. The number of carbonyl (C=O) groups excluding carboxylic acids is 3. The number of rotatable bonds is 58. The fourth-order valence-corrected chi connectivity index (χ4v) is 9.07. The van der Waals surface area contributed by atoms with Gasteiger partial charge in [0.05, 0.1) is 0 Å². The van der Waals surface area contributed by atoms with Crippen LogP contribution in [0.5, 0.6) is 0 Å². The van der Waals surface area contributed by atoms with Crippen molar-refractivity contribution in [2.24, 2.45) is 0 Å². The van der Waals surface area contributed by atoms with Gasteiger partial charge in [-0.25, -0.2) is 0 Å². The van der Waals surface area contributed by atoms with Crippen LogP contribution in [0.3, 0.4) is 0 Å². The molecule has 6 nitrogen and oxygen atoms in total. The lowest BCUT2D eigenvalue weighted by molar-refractivity contribution is -0.167. The molecule has 0 aromatic heterocycles. The molecule has 0 aliphatic rings. The largest absolute Gasteiger partial charge is 0.462 e. The van der Waals surface area contributed by atoms with E-state index in [1.165, 1.54) is 180 Å². The number of hydrogen-bond acceptors (Lipinski definition) is 6. The second-order valence-corrected chi connectivity index (χ2v) is 21.3. The first kappa shape index (κ1) is 70.8. The van der Waals surface area contributed by atoms with Crippen molar-refractivity contribution < 1.29 is 28.6 Å². The smallest absolute Gasteiger partial charge is 0.306 e. The average molecular weight is 1030 g/mol. The van der Waals surface area contributed by atoms with Crippen LogP contribution in [-0.4, -0.2) is 37.2 Å². The summed E-state index contributed by atoms with van der Waals surface area (Å²) < 4.78 is 16.9. The first-order valence-electron chi connectivity index (χ1n) is 31.9. The van der Waals surface area contributed by atoms with E-state index in [0.717, 1.165) is 103 Å². The van der Waals surface area contributed by atoms with Crippen LogP contribution in [0, 0.1) is 0 Å². The van der Waals surface area contributed by atoms with Crippen molar-refractivity contribution >= 4 is 17.9 Å². The minimum atomic E-state index is -0.785. The molecule has 0 N–H and O–H groups in total. The molecule has 0 aliphatic heterocycles. The summed E-state index contributed by atoms with van der Waals surface area (Å²) in [7, 11) is 0. The molecule has 0 rings (SSSR count). The van der Waals surface area contributed by atoms with Crippen molar-refractivity contribution in [3.05, 3.63) is 72.9 Å². The van der Waals surface area contributed by atoms with Gasteiger partial charge in [-0.05, 0) is 109 Å². The normalized spacial score (nSPS) is 12.5. The Morgan fingerprint density at radius 2 is 0.514 bits per heavy atom. The topological polar surface area (TPSA) is 78.9 Å². The van der Waals surface area contributed by atoms with E-state index in [9.17, 15) is 14.4 Å². The van der Waals surface area contributed by atoms with E-state index in [2.05, 4.69) is 93.7 Å². The lowest BCUT2D eigenvalue weighted by Gasteiger charge is -2.18. The standard InChI is InChI=1S/C68H120O6/c1-4-7-10-13-16-19-22-24-26-28-30-31-32-33-34-35-36-37-39-40-42-44-46-49-52-55-58-61-67(70)73-64-65(63-72-66(69)60-57-54-51-48-21-18-15-12-9-6-3)74-68(71)62-59-56-53-50-47-45-43-41-38-29-27-25-23-20-17-14-11-8-5-2/h12,15,17,20,22,24-25,27-28,30,38,41,65H,4-11,13-14,16,18-19,21,23,26,29,31-37,39-40,42-64H2,1-3H3/b15-12-,20-17-,24-22-,27-25-,30-28-,41-38-. The van der Waals surface area contributed by atoms with E-state index in [1.807, 2.05) is 0 Å². The predicted molar refractivity (Wildman–Crippen MR) is 321 cm³/mol. The van der Waals surface area contributed by atoms with Crippen LogP contribution in [0.1, 0.15) is 323 Å². The minimum absolute atomic E-state index is 0.0819. The van der Waals surface area contributed by atoms with Crippen molar-refractivity contribution in [1.29, 1.82) is 0 Å². The van der Waals surface area contributed by atoms with Crippen LogP contribution in [0.2, 0.25) is 0 Å². The van der Waals surface area contributed by atoms with Gasteiger partial charge >= 0.3 is 17.9 Å². The second kappa shape index (κ2) is 62.4. The maximum Gasteiger partial charge on any atom is 0.306 e. The molecule has 0 aromatic rings. The van der Waals surface area contributed by atoms with Crippen molar-refractivity contribution in [1.82, 2.24) is 0 Å². The molecular weight excluding hydrogens is 913 g/mol. The van der Waals surface area contributed by atoms with Crippen molar-refractivity contribution in [3.63, 3.8) is 0 Å². The molecule has 6 heteroatoms. The van der Waals surface area contributed by atoms with Crippen LogP contribution in [0.4, 0.5) is 0 Å². The highest BCUT2D eigenvalue weighted by molar-refractivity contribution is 5.71. The Hall–Kier alpha value is -3.15. The van der Waals surface area contributed by atoms with Crippen molar-refractivity contribution in [2.45, 2.75) is 329 Å². The van der Waals surface area contributed by atoms with E-state index in [4.69, 9.17) is 14.2 Å². The number of esters is 3. The molecule has 0 bridgehead atoms. The SMILES string of the molecule is CCC/C=C\CCCCCCCC(=O)OCC(COC(=O)CCCCCCCCCCCCCCCCC/C=C\C/C=C\CCCCCCC)OC(=O)CCCCCCCC/C=C\C/C=C\C/C=C\CCCCC. The van der Waals surface area contributed by atoms with Crippen LogP contribution in [0.15, 0.2) is 72.9 Å². The van der Waals surface area contributed by atoms with Gasteiger partial charge in [0.15, 0.2) is 6.10 Å². The zero-order chi connectivity index (χ0) is 53.6. The van der Waals surface area contributed by atoms with Gasteiger partial charge in [-0.3, -0.25) is 14.4 Å². The fraction of sp³-hybridized carbons (Fsp3) is 0.779. The van der Waals surface area contributed by atoms with E-state index in [0.29, 0.717) is 19.3 Å². The zero-order valence-corrected chi connectivity index (χ0v) is 49.1. The molecule has 0 heterocycles. The highest BCUT2D eigenvalue weighted by Crippen LogP contribution is 2.16. The number of allylic oxidation sites excluding steroid dienone is 12. The number of carbonyl (C=O) groups is 3. The summed E-state index contributed by atoms with van der Waals surface area (Å²) in [6.45, 7) is 6.55. The third-order valence-electron chi connectivity index (χ3n) is 13.9. The number of unbranched alkanes of at least 4 members (excludes halogenated alkanes) is 35. The molecule has 0 saturated carbocycles. The van der Waals surface area contributed by atoms with Gasteiger partial charge in [0.25, 0.3) is 0 Å². The van der Waals surface area contributed by atoms with E-state index in [-0.39, 0.29) is 31.1 Å². The minimum Gasteiger partial charge on any atom is -0.462 e. The molecule has 0 aromatic carbocycles. The van der Waals surface area contributed by atoms with Gasteiger partial charge in [0.1, 0.15) is 13.2 Å². The Kier molecular flexibility index (Phi) is 59.7. The highest BCUT2D eigenvalue weighted by Gasteiger charge is 2.19. The average Bonchev–Trinajstić information content (AvgIpc) is 3.40. The Labute approximate surface area is 459 Å². The highest BCUT2D eigenvalue weighted by atomic mass is 16.6. The lowest BCUT2D eigenvalue weighted by Crippen LogP contribution is -2.30. The number of hydrogen-bond donors (Lipinski definition) is 0. The second-order valence-electron chi connectivity index (χ2n) is 21.3. The fourth-order valence-electron chi connectivity index (χ4n) is 9.07. The van der Waals surface area contributed by atoms with Gasteiger partial charge < -0.3 is 14.2 Å². The molecule has 0 aliphatic carbocycles. The van der Waals surface area contributed by atoms with Crippen LogP contribution >= 0.6 is 0 Å². The first-order chi connectivity index (χ1) is 36.5. The van der Waals surface area contributed by atoms with Gasteiger partial charge in [-0.1, -0.05) is 267 Å². The summed E-state index contributed by atoms with van der Waals surface area (Å²) in [5, 5.41) is 0. The molecule has 0 radical (unpaired) electrons. The van der Waals surface area contributed by atoms with E-state index < -0.39 is 6.10 Å². The quantitative estimate of drug-likeness (QED) is 0.0261. The van der Waals surface area contributed by atoms with Crippen LogP contribution in [-0.2, 0) is 28.6 Å². The van der Waals surface area contributed by atoms with E-state index in [1.54, 1.807) is 0 Å². The zero-order valence-electron chi connectivity index (χ0n) is 49.1. The summed E-state index contributed by atoms with van der Waals surface area (Å²) in [4.78, 5) is 38.2. The summed E-state index contributed by atoms with van der Waals surface area (Å²) in [6, 6.07) is 0. The van der Waals surface area contributed by atoms with Crippen molar-refractivity contribution in [3.8, 4) is 0 Å². The molecule has 74 heavy (non-hydrogen) atoms. The summed E-state index contributed by atoms with van der Waals surface area (Å²) in [6.07, 6.45) is 80.6. The third kappa shape index (κ3) is 59.7. The summed E-state index contributed by atoms with van der Waals surface area (Å²) in [5.74, 6) is -0.894. The molecule has 1 unspecified atom stereocenters. The molecule has 0 saturated heterocycles. The third-order valence-corrected chi connectivity index (χ3v) is 13.9. The van der Waals surface area contributed by atoms with Gasteiger partial charge in [-0.15, -0.1) is 0 Å². The van der Waals surface area contributed by atoms with Crippen LogP contribution < -0.4 is 0 Å². The summed E-state index contributed by atoms with van der Waals surface area (Å²) >= 11 is 0. The predicted octanol–water partition coefficient (Wildman–Crippen LogP) is 21.7. The van der Waals surface area contributed by atoms with Crippen molar-refractivity contribution in [2.75, 3.05) is 13.2 Å². The lowest BCUT2D eigenvalue weighted by atomic mass is 10.0. The Morgan fingerprint density at radius 3 is 0.851 bits per heavy atom. The molecule has 0 fully saturated rings. The maximum atomic E-state index is 12.9. The monoisotopic (exact) mass is 1030 g/mol. The molecular formula is C68H120O6. The van der Waals surface area contributed by atoms with E-state index >= 15 is 0 Å². The maximum absolute atomic E-state index is 12.9. The van der Waals surface area contributed by atoms with Gasteiger partial charge in [0, 0.05) is 19.3 Å². The molecule has 0 amide bonds. The Balaban J connectivity index is 4.21. The Bertz CT molecular complexity index is 1370. The number of ether oxygens (including phenoxy) is 3. The first-order valence-corrected chi connectivity index (χ1v) is 31.9.